The van der Waals surface area contributed by atoms with Crippen molar-refractivity contribution in [2.75, 3.05) is 0 Å². The second kappa shape index (κ2) is 4.60. The highest BCUT2D eigenvalue weighted by Crippen LogP contribution is 2.24. The van der Waals surface area contributed by atoms with Crippen molar-refractivity contribution >= 4 is 10.9 Å². The summed E-state index contributed by atoms with van der Waals surface area (Å²) in [7, 11) is 0. The lowest BCUT2D eigenvalue weighted by atomic mass is 10.00. The van der Waals surface area contributed by atoms with E-state index in [-0.39, 0.29) is 5.56 Å². The van der Waals surface area contributed by atoms with E-state index in [2.05, 4.69) is 42.0 Å². The second-order valence-corrected chi connectivity index (χ2v) is 5.18. The van der Waals surface area contributed by atoms with Crippen LogP contribution in [0.4, 0.5) is 0 Å². The van der Waals surface area contributed by atoms with Gasteiger partial charge in [-0.3, -0.25) is 4.79 Å². The molecule has 1 aromatic heterocycles. The molecule has 0 aliphatic carbocycles. The van der Waals surface area contributed by atoms with E-state index in [1.54, 1.807) is 6.92 Å². The van der Waals surface area contributed by atoms with Gasteiger partial charge in [0.25, 0.3) is 5.56 Å². The number of nitrogens with one attached hydrogen (secondary N) is 1. The van der Waals surface area contributed by atoms with Crippen LogP contribution in [0.15, 0.2) is 41.2 Å². The molecule has 2 aromatic carbocycles. The average molecular weight is 264 g/mol. The maximum absolute atomic E-state index is 11.9. The SMILES string of the molecule is Cc1nc2cc(-c3ccc(C)c(C)c3)ccc2c(=O)[nH]1. The molecule has 3 rings (SSSR count). The molecule has 0 saturated heterocycles. The molecular weight excluding hydrogens is 248 g/mol. The van der Waals surface area contributed by atoms with Crippen LogP contribution in [0.5, 0.6) is 0 Å². The van der Waals surface area contributed by atoms with Gasteiger partial charge >= 0.3 is 0 Å². The summed E-state index contributed by atoms with van der Waals surface area (Å²) in [4.78, 5) is 19.0. The van der Waals surface area contributed by atoms with Crippen molar-refractivity contribution in [2.45, 2.75) is 20.8 Å². The van der Waals surface area contributed by atoms with Crippen LogP contribution in [0.25, 0.3) is 22.0 Å². The first-order chi connectivity index (χ1) is 9.54. The number of fused-ring (bicyclic) bond motifs is 1. The van der Waals surface area contributed by atoms with Crippen molar-refractivity contribution in [3.63, 3.8) is 0 Å². The van der Waals surface area contributed by atoms with E-state index in [1.165, 1.54) is 11.1 Å². The number of aromatic amines is 1. The lowest BCUT2D eigenvalue weighted by Gasteiger charge is -2.07. The van der Waals surface area contributed by atoms with Crippen LogP contribution in [0, 0.1) is 20.8 Å². The third-order valence-corrected chi connectivity index (χ3v) is 3.67. The van der Waals surface area contributed by atoms with Crippen molar-refractivity contribution in [1.29, 1.82) is 0 Å². The quantitative estimate of drug-likeness (QED) is 0.731. The van der Waals surface area contributed by atoms with Crippen molar-refractivity contribution < 1.29 is 0 Å². The summed E-state index contributed by atoms with van der Waals surface area (Å²) in [6.45, 7) is 6.00. The highest BCUT2D eigenvalue weighted by molar-refractivity contribution is 5.83. The third-order valence-electron chi connectivity index (χ3n) is 3.67. The molecule has 0 bridgehead atoms. The maximum atomic E-state index is 11.9. The molecule has 0 fully saturated rings. The number of hydrogen-bond donors (Lipinski definition) is 1. The molecule has 100 valence electrons. The largest absolute Gasteiger partial charge is 0.310 e. The zero-order chi connectivity index (χ0) is 14.3. The third kappa shape index (κ3) is 2.11. The van der Waals surface area contributed by atoms with Crippen LogP contribution in [-0.4, -0.2) is 9.97 Å². The second-order valence-electron chi connectivity index (χ2n) is 5.18. The van der Waals surface area contributed by atoms with Crippen LogP contribution in [-0.2, 0) is 0 Å². The van der Waals surface area contributed by atoms with Crippen molar-refractivity contribution in [3.05, 3.63) is 63.7 Å². The van der Waals surface area contributed by atoms with Crippen molar-refractivity contribution in [3.8, 4) is 11.1 Å². The summed E-state index contributed by atoms with van der Waals surface area (Å²) < 4.78 is 0. The van der Waals surface area contributed by atoms with Crippen LogP contribution in [0.3, 0.4) is 0 Å². The summed E-state index contributed by atoms with van der Waals surface area (Å²) in [5.41, 5.74) is 5.42. The lowest BCUT2D eigenvalue weighted by Crippen LogP contribution is -2.09. The summed E-state index contributed by atoms with van der Waals surface area (Å²) >= 11 is 0. The van der Waals surface area contributed by atoms with E-state index >= 15 is 0 Å². The van der Waals surface area contributed by atoms with Gasteiger partial charge in [0.2, 0.25) is 0 Å². The standard InChI is InChI=1S/C17H16N2O/c1-10-4-5-13(8-11(10)2)14-6-7-15-16(9-14)18-12(3)19-17(15)20/h4-9H,1-3H3,(H,18,19,20). The monoisotopic (exact) mass is 264 g/mol. The molecule has 0 unspecified atom stereocenters. The minimum Gasteiger partial charge on any atom is -0.310 e. The zero-order valence-corrected chi connectivity index (χ0v) is 11.8. The molecule has 3 aromatic rings. The van der Waals surface area contributed by atoms with Gasteiger partial charge in [-0.15, -0.1) is 0 Å². The first-order valence-corrected chi connectivity index (χ1v) is 6.63. The molecule has 0 atom stereocenters. The maximum Gasteiger partial charge on any atom is 0.258 e. The van der Waals surface area contributed by atoms with Gasteiger partial charge in [-0.1, -0.05) is 24.3 Å². The fourth-order valence-corrected chi connectivity index (χ4v) is 2.36. The molecule has 0 aliphatic heterocycles. The summed E-state index contributed by atoms with van der Waals surface area (Å²) in [6, 6.07) is 12.2. The zero-order valence-electron chi connectivity index (χ0n) is 11.8. The topological polar surface area (TPSA) is 45.8 Å². The Balaban J connectivity index is 2.22. The fourth-order valence-electron chi connectivity index (χ4n) is 2.36. The first kappa shape index (κ1) is 12.6. The Hall–Kier alpha value is -2.42. The predicted octanol–water partition coefficient (Wildman–Crippen LogP) is 3.52. The van der Waals surface area contributed by atoms with Gasteiger partial charge in [0.15, 0.2) is 0 Å². The molecular formula is C17H16N2O. The highest BCUT2D eigenvalue weighted by atomic mass is 16.1. The normalized spacial score (nSPS) is 10.9. The van der Waals surface area contributed by atoms with Gasteiger partial charge in [0.05, 0.1) is 10.9 Å². The smallest absolute Gasteiger partial charge is 0.258 e. The number of aromatic nitrogens is 2. The van der Waals surface area contributed by atoms with Gasteiger partial charge in [-0.25, -0.2) is 4.98 Å². The molecule has 1 heterocycles. The van der Waals surface area contributed by atoms with E-state index < -0.39 is 0 Å². The Morgan fingerprint density at radius 3 is 2.35 bits per heavy atom. The number of benzene rings is 2. The average Bonchev–Trinajstić information content (AvgIpc) is 2.41. The molecule has 1 N–H and O–H groups in total. The summed E-state index contributed by atoms with van der Waals surface area (Å²) in [6.07, 6.45) is 0. The van der Waals surface area contributed by atoms with Gasteiger partial charge in [0.1, 0.15) is 5.82 Å². The molecule has 0 spiro atoms. The Morgan fingerprint density at radius 2 is 1.60 bits per heavy atom. The predicted molar refractivity (Wildman–Crippen MR) is 82.0 cm³/mol. The van der Waals surface area contributed by atoms with Gasteiger partial charge < -0.3 is 4.98 Å². The van der Waals surface area contributed by atoms with E-state index in [4.69, 9.17) is 0 Å². The molecule has 0 saturated carbocycles. The molecule has 20 heavy (non-hydrogen) atoms. The molecule has 3 nitrogen and oxygen atoms in total. The van der Waals surface area contributed by atoms with E-state index in [0.29, 0.717) is 11.2 Å². The minimum atomic E-state index is -0.0841. The minimum absolute atomic E-state index is 0.0841. The number of rotatable bonds is 1. The fraction of sp³-hybridized carbons (Fsp3) is 0.176. The van der Waals surface area contributed by atoms with Crippen LogP contribution in [0.1, 0.15) is 17.0 Å². The van der Waals surface area contributed by atoms with E-state index in [9.17, 15) is 4.79 Å². The molecule has 0 amide bonds. The number of nitrogens with zero attached hydrogens (tertiary/aromatic N) is 1. The van der Waals surface area contributed by atoms with Gasteiger partial charge in [-0.05, 0) is 55.2 Å². The van der Waals surface area contributed by atoms with Crippen LogP contribution < -0.4 is 5.56 Å². The Morgan fingerprint density at radius 1 is 0.900 bits per heavy atom. The van der Waals surface area contributed by atoms with Crippen molar-refractivity contribution in [1.82, 2.24) is 9.97 Å². The van der Waals surface area contributed by atoms with Gasteiger partial charge in [0, 0.05) is 0 Å². The number of hydrogen-bond acceptors (Lipinski definition) is 2. The van der Waals surface area contributed by atoms with Gasteiger partial charge in [-0.2, -0.15) is 0 Å². The Kier molecular flexibility index (Phi) is 2.90. The highest BCUT2D eigenvalue weighted by Gasteiger charge is 2.05. The van der Waals surface area contributed by atoms with E-state index in [1.807, 2.05) is 18.2 Å². The van der Waals surface area contributed by atoms with E-state index in [0.717, 1.165) is 16.6 Å². The summed E-state index contributed by atoms with van der Waals surface area (Å²) in [5.74, 6) is 0.639. The van der Waals surface area contributed by atoms with Crippen LogP contribution >= 0.6 is 0 Å². The summed E-state index contributed by atoms with van der Waals surface area (Å²) in [5, 5.41) is 0.628. The molecule has 3 heteroatoms. The molecule has 0 radical (unpaired) electrons. The lowest BCUT2D eigenvalue weighted by molar-refractivity contribution is 1.06. The molecule has 0 aliphatic rings. The number of H-pyrrole nitrogens is 1. The Labute approximate surface area is 117 Å². The van der Waals surface area contributed by atoms with Crippen LogP contribution in [0.2, 0.25) is 0 Å². The first-order valence-electron chi connectivity index (χ1n) is 6.63. The number of aryl methyl sites for hydroxylation is 3. The Bertz CT molecular complexity index is 862. The van der Waals surface area contributed by atoms with Crippen molar-refractivity contribution in [2.24, 2.45) is 0 Å².